The third-order valence-electron chi connectivity index (χ3n) is 3.99. The highest BCUT2D eigenvalue weighted by Gasteiger charge is 2.07. The lowest BCUT2D eigenvalue weighted by molar-refractivity contribution is -0.114. The van der Waals surface area contributed by atoms with Crippen LogP contribution in [0.3, 0.4) is 0 Å². The number of hydrogen-bond donors (Lipinski definition) is 3. The molecule has 0 bridgehead atoms. The number of hydrogen-bond acceptors (Lipinski definition) is 4. The van der Waals surface area contributed by atoms with Gasteiger partial charge in [0.25, 0.3) is 0 Å². The van der Waals surface area contributed by atoms with Gasteiger partial charge in [0.15, 0.2) is 17.5 Å². The predicted octanol–water partition coefficient (Wildman–Crippen LogP) is 3.90. The first-order valence-electron chi connectivity index (χ1n) is 9.25. The van der Waals surface area contributed by atoms with Gasteiger partial charge in [-0.3, -0.25) is 4.79 Å². The molecule has 29 heavy (non-hydrogen) atoms. The minimum Gasteiger partial charge on any atom is -0.493 e. The molecule has 0 aliphatic rings. The molecule has 0 atom stereocenters. The van der Waals surface area contributed by atoms with Crippen molar-refractivity contribution < 1.29 is 14.3 Å². The molecule has 7 nitrogen and oxygen atoms in total. The van der Waals surface area contributed by atoms with Crippen molar-refractivity contribution in [3.63, 3.8) is 0 Å². The van der Waals surface area contributed by atoms with E-state index >= 15 is 0 Å². The van der Waals surface area contributed by atoms with Gasteiger partial charge >= 0.3 is 0 Å². The van der Waals surface area contributed by atoms with Crippen LogP contribution in [0.1, 0.15) is 19.4 Å². The van der Waals surface area contributed by atoms with E-state index < -0.39 is 0 Å². The number of carbonyl (C=O) groups is 1. The van der Waals surface area contributed by atoms with Crippen LogP contribution >= 0.6 is 24.0 Å². The number of rotatable bonds is 8. The Kier molecular flexibility index (Phi) is 10.9. The molecule has 0 saturated carbocycles. The normalized spacial score (nSPS) is 10.6. The Morgan fingerprint density at radius 3 is 2.34 bits per heavy atom. The number of halogens is 1. The second kappa shape index (κ2) is 12.9. The number of anilines is 2. The first-order valence-corrected chi connectivity index (χ1v) is 9.25. The Bertz CT molecular complexity index is 827. The number of aliphatic imine (C=N–C) groups is 1. The maximum absolute atomic E-state index is 12.2. The zero-order chi connectivity index (χ0) is 20.4. The van der Waals surface area contributed by atoms with Crippen molar-refractivity contribution in [2.75, 3.05) is 37.9 Å². The summed E-state index contributed by atoms with van der Waals surface area (Å²) in [6, 6.07) is 13.3. The number of benzene rings is 2. The van der Waals surface area contributed by atoms with E-state index in [1.54, 1.807) is 20.3 Å². The van der Waals surface area contributed by atoms with Gasteiger partial charge in [0, 0.05) is 24.0 Å². The molecule has 0 aromatic heterocycles. The molecular weight excluding hydrogens is 483 g/mol. The lowest BCUT2D eigenvalue weighted by Crippen LogP contribution is -2.31. The van der Waals surface area contributed by atoms with Crippen molar-refractivity contribution in [2.24, 2.45) is 4.99 Å². The fraction of sp³-hybridized carbons (Fsp3) is 0.333. The molecule has 0 unspecified atom stereocenters. The van der Waals surface area contributed by atoms with Crippen LogP contribution in [0.2, 0.25) is 0 Å². The second-order valence-electron chi connectivity index (χ2n) is 5.99. The van der Waals surface area contributed by atoms with Crippen molar-refractivity contribution in [3.05, 3.63) is 48.0 Å². The van der Waals surface area contributed by atoms with E-state index in [9.17, 15) is 4.79 Å². The van der Waals surface area contributed by atoms with Crippen LogP contribution in [0.4, 0.5) is 11.4 Å². The van der Waals surface area contributed by atoms with Crippen molar-refractivity contribution >= 4 is 47.2 Å². The number of amides is 1. The first kappa shape index (κ1) is 24.5. The van der Waals surface area contributed by atoms with E-state index in [4.69, 9.17) is 9.47 Å². The second-order valence-corrected chi connectivity index (χ2v) is 5.99. The fourth-order valence-electron chi connectivity index (χ4n) is 2.58. The van der Waals surface area contributed by atoms with E-state index in [0.29, 0.717) is 24.0 Å². The van der Waals surface area contributed by atoms with Gasteiger partial charge in [0.05, 0.1) is 14.2 Å². The lowest BCUT2D eigenvalue weighted by atomic mass is 10.1. The molecule has 3 N–H and O–H groups in total. The van der Waals surface area contributed by atoms with Gasteiger partial charge in [-0.15, -0.1) is 24.0 Å². The predicted molar refractivity (Wildman–Crippen MR) is 129 cm³/mol. The van der Waals surface area contributed by atoms with E-state index in [1.165, 1.54) is 5.56 Å². The summed E-state index contributed by atoms with van der Waals surface area (Å²) in [6.45, 7) is 4.70. The minimum absolute atomic E-state index is 0. The highest BCUT2D eigenvalue weighted by molar-refractivity contribution is 14.0. The Morgan fingerprint density at radius 2 is 1.69 bits per heavy atom. The topological polar surface area (TPSA) is 84.0 Å². The van der Waals surface area contributed by atoms with Gasteiger partial charge in [-0.1, -0.05) is 19.1 Å². The van der Waals surface area contributed by atoms with Crippen LogP contribution in [-0.4, -0.2) is 39.2 Å². The van der Waals surface area contributed by atoms with Crippen LogP contribution in [-0.2, 0) is 11.2 Å². The zero-order valence-corrected chi connectivity index (χ0v) is 19.6. The molecule has 0 saturated heterocycles. The quantitative estimate of drug-likeness (QED) is 0.284. The summed E-state index contributed by atoms with van der Waals surface area (Å²) in [4.78, 5) is 16.6. The summed E-state index contributed by atoms with van der Waals surface area (Å²) < 4.78 is 10.6. The summed E-state index contributed by atoms with van der Waals surface area (Å²) in [6.07, 6.45) is 0.918. The minimum atomic E-state index is -0.183. The van der Waals surface area contributed by atoms with Gasteiger partial charge in [-0.25, -0.2) is 4.99 Å². The largest absolute Gasteiger partial charge is 0.493 e. The zero-order valence-electron chi connectivity index (χ0n) is 17.2. The Hall–Kier alpha value is -2.49. The highest BCUT2D eigenvalue weighted by atomic mass is 127. The van der Waals surface area contributed by atoms with E-state index in [-0.39, 0.29) is 36.4 Å². The molecule has 2 aromatic rings. The average Bonchev–Trinajstić information content (AvgIpc) is 2.72. The summed E-state index contributed by atoms with van der Waals surface area (Å²) in [7, 11) is 3.17. The number of guanidine groups is 1. The number of ether oxygens (including phenoxy) is 2. The molecule has 0 fully saturated rings. The Labute approximate surface area is 189 Å². The molecule has 8 heteroatoms. The first-order chi connectivity index (χ1) is 13.6. The number of aryl methyl sites for hydroxylation is 1. The highest BCUT2D eigenvalue weighted by Crippen LogP contribution is 2.29. The summed E-state index contributed by atoms with van der Waals surface area (Å²) in [5.74, 6) is 1.57. The van der Waals surface area contributed by atoms with Crippen LogP contribution in [0.5, 0.6) is 11.5 Å². The summed E-state index contributed by atoms with van der Waals surface area (Å²) in [5.41, 5.74) is 2.72. The SMILES string of the molecule is CCNC(=NCC(=O)Nc1cccc(CC)c1)Nc1ccc(OC)c(OC)c1.I. The van der Waals surface area contributed by atoms with Crippen LogP contribution < -0.4 is 25.4 Å². The number of nitrogens with zero attached hydrogens (tertiary/aromatic N) is 1. The van der Waals surface area contributed by atoms with E-state index in [0.717, 1.165) is 17.8 Å². The van der Waals surface area contributed by atoms with Crippen LogP contribution in [0.25, 0.3) is 0 Å². The summed E-state index contributed by atoms with van der Waals surface area (Å²) in [5, 5.41) is 9.16. The third kappa shape index (κ3) is 7.80. The molecule has 0 aliphatic heterocycles. The molecule has 0 spiro atoms. The van der Waals surface area contributed by atoms with Crippen molar-refractivity contribution in [1.29, 1.82) is 0 Å². The van der Waals surface area contributed by atoms with Gasteiger partial charge < -0.3 is 25.4 Å². The number of methoxy groups -OCH3 is 2. The molecule has 0 radical (unpaired) electrons. The van der Waals surface area contributed by atoms with Gasteiger partial charge in [0.1, 0.15) is 6.54 Å². The molecule has 1 amide bonds. The molecule has 0 aliphatic carbocycles. The monoisotopic (exact) mass is 512 g/mol. The Morgan fingerprint density at radius 1 is 0.966 bits per heavy atom. The Balaban J connectivity index is 0.00000420. The lowest BCUT2D eigenvalue weighted by Gasteiger charge is -2.14. The van der Waals surface area contributed by atoms with Gasteiger partial charge in [-0.05, 0) is 43.2 Å². The fourth-order valence-corrected chi connectivity index (χ4v) is 2.58. The average molecular weight is 512 g/mol. The molecule has 2 rings (SSSR count). The molecule has 2 aromatic carbocycles. The molecule has 0 heterocycles. The van der Waals surface area contributed by atoms with Crippen molar-refractivity contribution in [3.8, 4) is 11.5 Å². The standard InChI is InChI=1S/C21H28N4O3.HI/c1-5-15-8-7-9-16(12-15)24-20(26)14-23-21(22-6-2)25-17-10-11-18(27-3)19(13-17)28-4;/h7-13H,5-6,14H2,1-4H3,(H,24,26)(H2,22,23,25);1H. The van der Waals surface area contributed by atoms with Crippen molar-refractivity contribution in [2.45, 2.75) is 20.3 Å². The van der Waals surface area contributed by atoms with Crippen LogP contribution in [0, 0.1) is 0 Å². The van der Waals surface area contributed by atoms with E-state index in [2.05, 4.69) is 27.9 Å². The smallest absolute Gasteiger partial charge is 0.246 e. The van der Waals surface area contributed by atoms with Crippen LogP contribution in [0.15, 0.2) is 47.5 Å². The molecule has 158 valence electrons. The van der Waals surface area contributed by atoms with E-state index in [1.807, 2.05) is 43.3 Å². The third-order valence-corrected chi connectivity index (χ3v) is 3.99. The molecular formula is C21H29IN4O3. The number of nitrogens with one attached hydrogen (secondary N) is 3. The maximum Gasteiger partial charge on any atom is 0.246 e. The maximum atomic E-state index is 12.2. The number of carbonyl (C=O) groups excluding carboxylic acids is 1. The van der Waals surface area contributed by atoms with Crippen molar-refractivity contribution in [1.82, 2.24) is 5.32 Å². The van der Waals surface area contributed by atoms with Gasteiger partial charge in [-0.2, -0.15) is 0 Å². The summed E-state index contributed by atoms with van der Waals surface area (Å²) >= 11 is 0. The van der Waals surface area contributed by atoms with Gasteiger partial charge in [0.2, 0.25) is 5.91 Å².